The molecular formula is C13H15N3O3. The quantitative estimate of drug-likeness (QED) is 0.830. The van der Waals surface area contributed by atoms with Gasteiger partial charge < -0.3 is 14.8 Å². The van der Waals surface area contributed by atoms with Crippen molar-refractivity contribution in [3.05, 3.63) is 30.7 Å². The molecule has 1 heterocycles. The van der Waals surface area contributed by atoms with Crippen LogP contribution >= 0.6 is 0 Å². The molecule has 19 heavy (non-hydrogen) atoms. The van der Waals surface area contributed by atoms with Gasteiger partial charge in [0, 0.05) is 23.7 Å². The van der Waals surface area contributed by atoms with Crippen molar-refractivity contribution in [3.63, 3.8) is 0 Å². The molecule has 0 radical (unpaired) electrons. The molecule has 1 unspecified atom stereocenters. The highest BCUT2D eigenvalue weighted by Gasteiger charge is 2.07. The van der Waals surface area contributed by atoms with E-state index in [0.717, 1.165) is 11.3 Å². The van der Waals surface area contributed by atoms with Crippen molar-refractivity contribution in [2.75, 3.05) is 5.32 Å². The molecule has 1 atom stereocenters. The summed E-state index contributed by atoms with van der Waals surface area (Å²) in [6.07, 6.45) is 2.00. The summed E-state index contributed by atoms with van der Waals surface area (Å²) < 4.78 is 5.13. The Morgan fingerprint density at radius 2 is 2.37 bits per heavy atom. The molecule has 0 spiro atoms. The molecule has 0 saturated carbocycles. The number of aliphatic carboxylic acids is 1. The minimum Gasteiger partial charge on any atom is -0.481 e. The maximum absolute atomic E-state index is 10.5. The molecule has 100 valence electrons. The van der Waals surface area contributed by atoms with Gasteiger partial charge in [0.15, 0.2) is 0 Å². The van der Waals surface area contributed by atoms with E-state index in [1.807, 2.05) is 31.2 Å². The van der Waals surface area contributed by atoms with E-state index in [4.69, 9.17) is 9.52 Å². The Bertz CT molecular complexity index is 540. The van der Waals surface area contributed by atoms with Crippen LogP contribution in [0, 0.1) is 0 Å². The zero-order valence-electron chi connectivity index (χ0n) is 10.5. The van der Waals surface area contributed by atoms with Crippen LogP contribution in [0.25, 0.3) is 11.5 Å². The highest BCUT2D eigenvalue weighted by molar-refractivity contribution is 5.67. The topological polar surface area (TPSA) is 88.2 Å². The average molecular weight is 261 g/mol. The summed E-state index contributed by atoms with van der Waals surface area (Å²) in [5, 5.41) is 19.4. The van der Waals surface area contributed by atoms with Crippen LogP contribution in [-0.4, -0.2) is 27.3 Å². The number of hydrogen-bond acceptors (Lipinski definition) is 5. The summed E-state index contributed by atoms with van der Waals surface area (Å²) in [5.74, 6) is -0.324. The maximum Gasteiger partial charge on any atom is 0.303 e. The van der Waals surface area contributed by atoms with Crippen LogP contribution in [-0.2, 0) is 4.79 Å². The van der Waals surface area contributed by atoms with Gasteiger partial charge in [-0.25, -0.2) is 0 Å². The summed E-state index contributed by atoms with van der Waals surface area (Å²) in [7, 11) is 0. The van der Waals surface area contributed by atoms with E-state index in [0.29, 0.717) is 12.3 Å². The standard InChI is InChI=1S/C13H15N3O3/c1-9(5-6-12(17)18)15-11-4-2-3-10(7-11)13-16-14-8-19-13/h2-4,7-9,15H,5-6H2,1H3,(H,17,18). The second-order valence-electron chi connectivity index (χ2n) is 4.30. The summed E-state index contributed by atoms with van der Waals surface area (Å²) in [4.78, 5) is 10.5. The van der Waals surface area contributed by atoms with Gasteiger partial charge in [-0.05, 0) is 31.5 Å². The fraction of sp³-hybridized carbons (Fsp3) is 0.308. The van der Waals surface area contributed by atoms with Gasteiger partial charge in [0.25, 0.3) is 0 Å². The normalized spacial score (nSPS) is 12.1. The third kappa shape index (κ3) is 3.80. The third-order valence-electron chi connectivity index (χ3n) is 2.67. The molecule has 0 saturated heterocycles. The van der Waals surface area contributed by atoms with Crippen molar-refractivity contribution >= 4 is 11.7 Å². The van der Waals surface area contributed by atoms with E-state index in [9.17, 15) is 4.79 Å². The van der Waals surface area contributed by atoms with Crippen molar-refractivity contribution < 1.29 is 14.3 Å². The van der Waals surface area contributed by atoms with Gasteiger partial charge in [0.1, 0.15) is 0 Å². The highest BCUT2D eigenvalue weighted by Crippen LogP contribution is 2.21. The third-order valence-corrected chi connectivity index (χ3v) is 2.67. The maximum atomic E-state index is 10.5. The average Bonchev–Trinajstić information content (AvgIpc) is 2.90. The Balaban J connectivity index is 2.01. The predicted octanol–water partition coefficient (Wildman–Crippen LogP) is 2.40. The van der Waals surface area contributed by atoms with Gasteiger partial charge in [-0.2, -0.15) is 0 Å². The largest absolute Gasteiger partial charge is 0.481 e. The number of nitrogens with one attached hydrogen (secondary N) is 1. The fourth-order valence-corrected chi connectivity index (χ4v) is 1.74. The van der Waals surface area contributed by atoms with Gasteiger partial charge in [0.2, 0.25) is 12.3 Å². The van der Waals surface area contributed by atoms with E-state index < -0.39 is 5.97 Å². The molecule has 0 aliphatic heterocycles. The Morgan fingerprint density at radius 1 is 1.53 bits per heavy atom. The lowest BCUT2D eigenvalue weighted by Crippen LogP contribution is -2.16. The number of anilines is 1. The first-order chi connectivity index (χ1) is 9.15. The highest BCUT2D eigenvalue weighted by atomic mass is 16.4. The fourth-order valence-electron chi connectivity index (χ4n) is 1.74. The zero-order valence-corrected chi connectivity index (χ0v) is 10.5. The van der Waals surface area contributed by atoms with E-state index >= 15 is 0 Å². The molecule has 1 aromatic carbocycles. The van der Waals surface area contributed by atoms with Crippen LogP contribution in [0.4, 0.5) is 5.69 Å². The van der Waals surface area contributed by atoms with E-state index in [1.165, 1.54) is 6.39 Å². The lowest BCUT2D eigenvalue weighted by molar-refractivity contribution is -0.137. The van der Waals surface area contributed by atoms with Crippen molar-refractivity contribution in [2.45, 2.75) is 25.8 Å². The van der Waals surface area contributed by atoms with Gasteiger partial charge in [-0.3, -0.25) is 4.79 Å². The van der Waals surface area contributed by atoms with Crippen molar-refractivity contribution in [2.24, 2.45) is 0 Å². The SMILES string of the molecule is CC(CCC(=O)O)Nc1cccc(-c2nnco2)c1. The van der Waals surface area contributed by atoms with Crippen molar-refractivity contribution in [1.29, 1.82) is 0 Å². The van der Waals surface area contributed by atoms with E-state index in [2.05, 4.69) is 15.5 Å². The van der Waals surface area contributed by atoms with Crippen LogP contribution in [0.2, 0.25) is 0 Å². The molecular weight excluding hydrogens is 246 g/mol. The van der Waals surface area contributed by atoms with Crippen molar-refractivity contribution in [1.82, 2.24) is 10.2 Å². The van der Waals surface area contributed by atoms with Crippen LogP contribution in [0.15, 0.2) is 35.1 Å². The molecule has 0 aliphatic carbocycles. The van der Waals surface area contributed by atoms with Gasteiger partial charge in [-0.15, -0.1) is 10.2 Å². The number of carboxylic acids is 1. The number of rotatable bonds is 6. The van der Waals surface area contributed by atoms with Gasteiger partial charge in [0.05, 0.1) is 0 Å². The minimum absolute atomic E-state index is 0.0778. The first-order valence-electron chi connectivity index (χ1n) is 6.00. The number of aromatic nitrogens is 2. The number of carboxylic acid groups (broad SMARTS) is 1. The number of carbonyl (C=O) groups is 1. The summed E-state index contributed by atoms with van der Waals surface area (Å²) in [6.45, 7) is 1.95. The van der Waals surface area contributed by atoms with Crippen LogP contribution in [0.3, 0.4) is 0 Å². The van der Waals surface area contributed by atoms with E-state index in [-0.39, 0.29) is 12.5 Å². The molecule has 0 aliphatic rings. The number of nitrogens with zero attached hydrogens (tertiary/aromatic N) is 2. The van der Waals surface area contributed by atoms with Gasteiger partial charge in [-0.1, -0.05) is 6.07 Å². The first kappa shape index (κ1) is 13.1. The predicted molar refractivity (Wildman–Crippen MR) is 69.7 cm³/mol. The molecule has 2 aromatic rings. The van der Waals surface area contributed by atoms with Gasteiger partial charge >= 0.3 is 5.97 Å². The Kier molecular flexibility index (Phi) is 4.12. The Hall–Kier alpha value is -2.37. The second kappa shape index (κ2) is 5.99. The number of hydrogen-bond donors (Lipinski definition) is 2. The molecule has 0 bridgehead atoms. The Labute approximate surface area is 110 Å². The lowest BCUT2D eigenvalue weighted by Gasteiger charge is -2.14. The minimum atomic E-state index is -0.784. The molecule has 2 N–H and O–H groups in total. The lowest BCUT2D eigenvalue weighted by atomic mass is 10.1. The first-order valence-corrected chi connectivity index (χ1v) is 6.00. The van der Waals surface area contributed by atoms with Crippen LogP contribution in [0.5, 0.6) is 0 Å². The monoisotopic (exact) mass is 261 g/mol. The molecule has 1 aromatic heterocycles. The smallest absolute Gasteiger partial charge is 0.303 e. The van der Waals surface area contributed by atoms with Crippen LogP contribution in [0.1, 0.15) is 19.8 Å². The Morgan fingerprint density at radius 3 is 3.05 bits per heavy atom. The van der Waals surface area contributed by atoms with Crippen molar-refractivity contribution in [3.8, 4) is 11.5 Å². The van der Waals surface area contributed by atoms with Crippen LogP contribution < -0.4 is 5.32 Å². The molecule has 2 rings (SSSR count). The molecule has 6 heteroatoms. The molecule has 6 nitrogen and oxygen atoms in total. The second-order valence-corrected chi connectivity index (χ2v) is 4.30. The van der Waals surface area contributed by atoms with E-state index in [1.54, 1.807) is 0 Å². The number of benzene rings is 1. The summed E-state index contributed by atoms with van der Waals surface area (Å²) in [6, 6.07) is 7.64. The zero-order chi connectivity index (χ0) is 13.7. The summed E-state index contributed by atoms with van der Waals surface area (Å²) in [5.41, 5.74) is 1.72. The summed E-state index contributed by atoms with van der Waals surface area (Å²) >= 11 is 0. The molecule has 0 amide bonds. The molecule has 0 fully saturated rings.